The fourth-order valence-electron chi connectivity index (χ4n) is 23.7. The van der Waals surface area contributed by atoms with Crippen molar-refractivity contribution < 1.29 is 4.74 Å². The van der Waals surface area contributed by atoms with Crippen molar-refractivity contribution in [3.05, 3.63) is 404 Å². The molecule has 9 unspecified atom stereocenters. The highest BCUT2D eigenvalue weighted by molar-refractivity contribution is 6.04. The Hall–Kier alpha value is -11.7. The largest absolute Gasteiger partial charge is 0.461 e. The molecule has 113 heavy (non-hydrogen) atoms. The predicted octanol–water partition coefficient (Wildman–Crippen LogP) is 25.7. The maximum atomic E-state index is 7.82. The van der Waals surface area contributed by atoms with Gasteiger partial charge >= 0.3 is 0 Å². The van der Waals surface area contributed by atoms with Gasteiger partial charge in [-0.3, -0.25) is 0 Å². The van der Waals surface area contributed by atoms with Crippen molar-refractivity contribution in [3.8, 4) is 22.6 Å². The number of rotatable bonds is 8. The third-order valence-electron chi connectivity index (χ3n) is 28.5. The third kappa shape index (κ3) is 9.58. The second-order valence-corrected chi connectivity index (χ2v) is 36.5. The van der Waals surface area contributed by atoms with E-state index in [9.17, 15) is 0 Å². The smallest absolute Gasteiger partial charge is 0.131 e. The van der Waals surface area contributed by atoms with Gasteiger partial charge in [0.25, 0.3) is 0 Å². The summed E-state index contributed by atoms with van der Waals surface area (Å²) in [6, 6.07) is 87.9. The number of benzene rings is 10. The quantitative estimate of drug-likeness (QED) is 0.151. The summed E-state index contributed by atoms with van der Waals surface area (Å²) in [5.41, 5.74) is 38.0. The topological polar surface area (TPSA) is 23.9 Å². The fraction of sp³-hybridized carbons (Fsp3) is 0.241. The molecule has 10 aromatic carbocycles. The van der Waals surface area contributed by atoms with Gasteiger partial charge in [0.05, 0.1) is 34.6 Å². The fourth-order valence-corrected chi connectivity index (χ4v) is 23.7. The van der Waals surface area contributed by atoms with Crippen molar-refractivity contribution in [1.29, 1.82) is 0 Å². The molecule has 5 nitrogen and oxygen atoms in total. The molecule has 1 aromatic heterocycles. The number of anilines is 4. The van der Waals surface area contributed by atoms with Crippen LogP contribution in [0.3, 0.4) is 0 Å². The molecule has 552 valence electrons. The van der Waals surface area contributed by atoms with Crippen molar-refractivity contribution in [2.45, 2.75) is 146 Å². The van der Waals surface area contributed by atoms with Crippen LogP contribution >= 0.6 is 0 Å². The number of allylic oxidation sites excluding steroid dienone is 14. The molecule has 1 fully saturated rings. The molecule has 1 saturated heterocycles. The average molecular weight is 1460 g/mol. The molecular formula is C108H94N4O. The predicted molar refractivity (Wildman–Crippen MR) is 468 cm³/mol. The molecule has 0 N–H and O–H groups in total. The van der Waals surface area contributed by atoms with Crippen LogP contribution in [0.4, 0.5) is 22.7 Å². The third-order valence-corrected chi connectivity index (χ3v) is 28.5. The van der Waals surface area contributed by atoms with Crippen LogP contribution in [0.2, 0.25) is 0 Å². The van der Waals surface area contributed by atoms with Gasteiger partial charge in [-0.25, -0.2) is 0 Å². The van der Waals surface area contributed by atoms with Crippen LogP contribution in [0.25, 0.3) is 50.5 Å². The van der Waals surface area contributed by atoms with Gasteiger partial charge in [0.15, 0.2) is 0 Å². The minimum absolute atomic E-state index is 0.0141. The number of aromatic nitrogens is 1. The lowest BCUT2D eigenvalue weighted by atomic mass is 9.51. The summed E-state index contributed by atoms with van der Waals surface area (Å²) in [6.45, 7) is 18.8. The lowest BCUT2D eigenvalue weighted by Gasteiger charge is -2.60. The van der Waals surface area contributed by atoms with Gasteiger partial charge in [-0.1, -0.05) is 284 Å². The van der Waals surface area contributed by atoms with E-state index in [-0.39, 0.29) is 64.0 Å². The first-order chi connectivity index (χ1) is 55.1. The summed E-state index contributed by atoms with van der Waals surface area (Å²) >= 11 is 0. The van der Waals surface area contributed by atoms with Crippen molar-refractivity contribution in [3.63, 3.8) is 0 Å². The van der Waals surface area contributed by atoms with Gasteiger partial charge in [0.1, 0.15) is 11.5 Å². The zero-order valence-electron chi connectivity index (χ0n) is 65.9. The Bertz CT molecular complexity index is 6250. The maximum absolute atomic E-state index is 7.82. The normalized spacial score (nSPS) is 24.1. The Morgan fingerprint density at radius 2 is 1.14 bits per heavy atom. The zero-order valence-corrected chi connectivity index (χ0v) is 65.9. The first-order valence-electron chi connectivity index (χ1n) is 41.7. The van der Waals surface area contributed by atoms with E-state index in [4.69, 9.17) is 4.74 Å². The molecule has 0 amide bonds. The average Bonchev–Trinajstić information content (AvgIpc) is 1.52. The van der Waals surface area contributed by atoms with E-state index in [1.54, 1.807) is 0 Å². The summed E-state index contributed by atoms with van der Waals surface area (Å²) in [5.74, 6) is 2.62. The Balaban J connectivity index is 0.734. The second kappa shape index (κ2) is 24.4. The molecule has 0 radical (unpaired) electrons. The van der Waals surface area contributed by atoms with Gasteiger partial charge in [0.2, 0.25) is 0 Å². The highest BCUT2D eigenvalue weighted by atomic mass is 16.5. The summed E-state index contributed by atoms with van der Waals surface area (Å²) in [5, 5.41) is 1.28. The standard InChI is InChI=1S/C108H94N4O/c1-65-41-51-93-99(53-65)111-97-61-85-86-62-98-84(64-102(86)113-101(85)63-83(97)87-57-77(59-95(103(87)111)107(93)89-37-19-15-33-79(89)80-34-16-20-38-90(80)107)109(75-31-23-29-71(55-75)105(3,4)5)73-47-43-69(44-48-73)67-25-11-9-12-26-67)88-58-78(110(76-32-24-30-72(56-76)106(6,7)8)74-49-45-70(46-50-74)68-27-13-10-14-28-68)60-96-104(88)112(98)100-54-66(2)42-52-94(100)108(96)91-39-21-17-35-81(91)82-36-18-22-40-92(82)108/h9-39,41-47,49,52-58,60-61,63-64,73-74,86-87,92-93,95,103H,40,48,50-51,59,62H2,1-8H3. The number of nitrogens with zero attached hydrogens (tertiary/aromatic N) is 4. The molecule has 9 atom stereocenters. The van der Waals surface area contributed by atoms with Crippen molar-refractivity contribution in [2.24, 2.45) is 17.8 Å². The SMILES string of the molecule is CC1=CCC2C(=C1)N1c3cc4c(cc3C3C=C(N(c5cccc(C(C)(C)C)c5)C5C=CC(c6ccccc6)=CC5)CC(C31)C21c2ccccc2-c2ccccc21)OC1=Cc2c(n3c5c(cc(N(c6cccc(C(C)(C)C)c6)C6C=CC(c7ccccc7)=CC6)cc25)C2(c5ccccc5C5=CC=CCC52)c2ccc(C)cc2-3)CC14. The molecule has 11 aromatic rings. The van der Waals surface area contributed by atoms with Crippen LogP contribution in [0, 0.1) is 24.7 Å². The van der Waals surface area contributed by atoms with Crippen molar-refractivity contribution >= 4 is 56.4 Å². The van der Waals surface area contributed by atoms with E-state index in [2.05, 4.69) is 378 Å². The molecule has 5 heteroatoms. The lowest BCUT2D eigenvalue weighted by molar-refractivity contribution is 0.156. The van der Waals surface area contributed by atoms with Crippen LogP contribution in [-0.4, -0.2) is 22.7 Å². The second-order valence-electron chi connectivity index (χ2n) is 36.5. The Morgan fingerprint density at radius 1 is 0.504 bits per heavy atom. The Labute approximate surface area is 665 Å². The van der Waals surface area contributed by atoms with Crippen LogP contribution in [0.15, 0.2) is 320 Å². The van der Waals surface area contributed by atoms with E-state index in [1.165, 1.54) is 168 Å². The van der Waals surface area contributed by atoms with Gasteiger partial charge in [-0.2, -0.15) is 0 Å². The Morgan fingerprint density at radius 3 is 1.81 bits per heavy atom. The zero-order chi connectivity index (χ0) is 75.7. The van der Waals surface area contributed by atoms with E-state index in [1.807, 2.05) is 0 Å². The number of aryl methyl sites for hydroxylation is 1. The molecule has 0 saturated carbocycles. The van der Waals surface area contributed by atoms with Gasteiger partial charge < -0.3 is 24.0 Å². The van der Waals surface area contributed by atoms with E-state index in [0.29, 0.717) is 0 Å². The molecule has 8 aliphatic carbocycles. The molecule has 0 bridgehead atoms. The summed E-state index contributed by atoms with van der Waals surface area (Å²) in [6.07, 6.45) is 37.8. The summed E-state index contributed by atoms with van der Waals surface area (Å²) in [4.78, 5) is 8.44. The van der Waals surface area contributed by atoms with Crippen LogP contribution < -0.4 is 19.4 Å². The minimum Gasteiger partial charge on any atom is -0.461 e. The van der Waals surface area contributed by atoms with Gasteiger partial charge in [-0.05, 0) is 218 Å². The van der Waals surface area contributed by atoms with Crippen LogP contribution in [-0.2, 0) is 28.1 Å². The summed E-state index contributed by atoms with van der Waals surface area (Å²) in [7, 11) is 0. The van der Waals surface area contributed by atoms with Crippen molar-refractivity contribution in [2.75, 3.05) is 14.7 Å². The van der Waals surface area contributed by atoms with Gasteiger partial charge in [-0.15, -0.1) is 0 Å². The first kappa shape index (κ1) is 67.1. The lowest BCUT2D eigenvalue weighted by Crippen LogP contribution is -2.61. The van der Waals surface area contributed by atoms with Crippen molar-refractivity contribution in [1.82, 2.24) is 4.57 Å². The number of hydrogen-bond acceptors (Lipinski definition) is 4. The molecule has 4 aliphatic heterocycles. The minimum atomic E-state index is -0.503. The van der Waals surface area contributed by atoms with Crippen LogP contribution in [0.1, 0.15) is 176 Å². The molecule has 12 aliphatic rings. The monoisotopic (exact) mass is 1460 g/mol. The van der Waals surface area contributed by atoms with E-state index < -0.39 is 5.41 Å². The van der Waals surface area contributed by atoms with Gasteiger partial charge in [0, 0.05) is 97.9 Å². The first-order valence-corrected chi connectivity index (χ1v) is 41.7. The molecule has 23 rings (SSSR count). The molecule has 5 heterocycles. The maximum Gasteiger partial charge on any atom is 0.131 e. The highest BCUT2D eigenvalue weighted by Crippen LogP contribution is 2.71. The number of fused-ring (bicyclic) bond motifs is 27. The summed E-state index contributed by atoms with van der Waals surface area (Å²) < 4.78 is 10.6. The number of ether oxygens (including phenoxy) is 1. The van der Waals surface area contributed by atoms with Crippen LogP contribution in [0.5, 0.6) is 5.75 Å². The van der Waals surface area contributed by atoms with E-state index in [0.717, 1.165) is 50.0 Å². The highest BCUT2D eigenvalue weighted by Gasteiger charge is 2.66. The van der Waals surface area contributed by atoms with E-state index >= 15 is 0 Å². The Kier molecular flexibility index (Phi) is 14.5. The molecule has 2 spiro atoms. The molecular weight excluding hydrogens is 1370 g/mol. The number of piperidine rings is 1. The number of hydrogen-bond donors (Lipinski definition) is 0.